The molecule has 1 aromatic carbocycles. The summed E-state index contributed by atoms with van der Waals surface area (Å²) in [5, 5.41) is 3.48. The van der Waals surface area contributed by atoms with Crippen LogP contribution in [0.4, 0.5) is 11.4 Å². The highest BCUT2D eigenvalue weighted by Gasteiger charge is 2.26. The van der Waals surface area contributed by atoms with E-state index in [9.17, 15) is 4.79 Å². The van der Waals surface area contributed by atoms with Crippen molar-refractivity contribution in [2.75, 3.05) is 25.1 Å². The number of nitrogen functional groups attached to an aromatic ring is 1. The van der Waals surface area contributed by atoms with Crippen LogP contribution in [0.3, 0.4) is 0 Å². The van der Waals surface area contributed by atoms with Crippen molar-refractivity contribution in [2.24, 2.45) is 5.41 Å². The number of hydrogen-bond donors (Lipinski definition) is 2. The van der Waals surface area contributed by atoms with E-state index in [4.69, 9.17) is 5.73 Å². The van der Waals surface area contributed by atoms with Crippen molar-refractivity contribution in [3.05, 3.63) is 23.8 Å². The molecular weight excluding hydrogens is 262 g/mol. The number of nitrogens with zero attached hydrogens (tertiary/aromatic N) is 1. The largest absolute Gasteiger partial charge is 0.397 e. The third-order valence-corrected chi connectivity index (χ3v) is 3.15. The lowest BCUT2D eigenvalue weighted by Gasteiger charge is -2.34. The van der Waals surface area contributed by atoms with Crippen molar-refractivity contribution in [3.8, 4) is 0 Å². The molecule has 0 aliphatic carbocycles. The molecule has 0 aliphatic rings. The Morgan fingerprint density at radius 3 is 2.24 bits per heavy atom. The summed E-state index contributed by atoms with van der Waals surface area (Å²) in [7, 11) is 3.49. The molecule has 0 saturated heterocycles. The third-order valence-electron chi connectivity index (χ3n) is 3.15. The number of carbonyl (C=O) groups excluding carboxylic acids is 1. The Morgan fingerprint density at radius 1 is 1.19 bits per heavy atom. The first-order chi connectivity index (χ1) is 9.41. The lowest BCUT2D eigenvalue weighted by Crippen LogP contribution is -2.35. The van der Waals surface area contributed by atoms with Gasteiger partial charge >= 0.3 is 0 Å². The Labute approximate surface area is 128 Å². The summed E-state index contributed by atoms with van der Waals surface area (Å²) in [4.78, 5) is 13.6. The van der Waals surface area contributed by atoms with Crippen LogP contribution >= 0.6 is 0 Å². The molecule has 0 aromatic heterocycles. The van der Waals surface area contributed by atoms with Gasteiger partial charge in [0, 0.05) is 25.2 Å². The van der Waals surface area contributed by atoms with Gasteiger partial charge in [0.05, 0.1) is 11.4 Å². The zero-order valence-corrected chi connectivity index (χ0v) is 14.4. The number of amides is 1. The summed E-state index contributed by atoms with van der Waals surface area (Å²) in [6.45, 7) is 10.9. The van der Waals surface area contributed by atoms with Gasteiger partial charge in [-0.1, -0.05) is 20.8 Å². The van der Waals surface area contributed by atoms with E-state index in [1.807, 2.05) is 6.07 Å². The average molecular weight is 291 g/mol. The Bertz CT molecular complexity index is 513. The van der Waals surface area contributed by atoms with Crippen molar-refractivity contribution in [1.82, 2.24) is 4.90 Å². The summed E-state index contributed by atoms with van der Waals surface area (Å²) in [6.07, 6.45) is 0.991. The maximum atomic E-state index is 12.1. The number of anilines is 2. The quantitative estimate of drug-likeness (QED) is 0.833. The molecule has 1 amide bonds. The number of carbonyl (C=O) groups is 1. The fraction of sp³-hybridized carbons (Fsp3) is 0.588. The minimum Gasteiger partial charge on any atom is -0.397 e. The summed E-state index contributed by atoms with van der Waals surface area (Å²) >= 11 is 0. The predicted molar refractivity (Wildman–Crippen MR) is 90.6 cm³/mol. The minimum atomic E-state index is -0.105. The highest BCUT2D eigenvalue weighted by molar-refractivity contribution is 5.96. The van der Waals surface area contributed by atoms with Crippen LogP contribution in [0.1, 0.15) is 51.4 Å². The normalized spacial score (nSPS) is 12.1. The molecule has 0 spiro atoms. The number of hydrogen-bond acceptors (Lipinski definition) is 3. The molecule has 0 unspecified atom stereocenters. The van der Waals surface area contributed by atoms with Crippen LogP contribution in [-0.2, 0) is 0 Å². The lowest BCUT2D eigenvalue weighted by molar-refractivity contribution is 0.0827. The molecule has 0 atom stereocenters. The van der Waals surface area contributed by atoms with Crippen molar-refractivity contribution < 1.29 is 4.79 Å². The molecule has 1 rings (SSSR count). The first-order valence-electron chi connectivity index (χ1n) is 7.31. The molecule has 4 heteroatoms. The highest BCUT2D eigenvalue weighted by Crippen LogP contribution is 2.32. The van der Waals surface area contributed by atoms with E-state index >= 15 is 0 Å². The van der Waals surface area contributed by atoms with E-state index in [2.05, 4.69) is 39.9 Å². The number of rotatable bonds is 4. The average Bonchev–Trinajstić information content (AvgIpc) is 2.27. The van der Waals surface area contributed by atoms with Gasteiger partial charge in [0.1, 0.15) is 0 Å². The maximum absolute atomic E-state index is 12.1. The van der Waals surface area contributed by atoms with Gasteiger partial charge in [0.2, 0.25) is 0 Å². The van der Waals surface area contributed by atoms with E-state index in [1.54, 1.807) is 31.1 Å². The highest BCUT2D eigenvalue weighted by atomic mass is 16.2. The molecule has 1 aromatic rings. The Balaban J connectivity index is 3.03. The standard InChI is InChI=1S/C17H29N3O/c1-16(2,3)11-17(4,5)19-14-10-12(8-9-13(14)18)15(21)20(6)7/h8-10,19H,11,18H2,1-7H3. The van der Waals surface area contributed by atoms with Gasteiger partial charge in [-0.15, -0.1) is 0 Å². The van der Waals surface area contributed by atoms with Crippen molar-refractivity contribution in [3.63, 3.8) is 0 Å². The molecule has 0 bridgehead atoms. The summed E-state index contributed by atoms with van der Waals surface area (Å²) in [5.41, 5.74) is 8.27. The number of nitrogens with two attached hydrogens (primary N) is 1. The van der Waals surface area contributed by atoms with E-state index in [0.717, 1.165) is 12.1 Å². The smallest absolute Gasteiger partial charge is 0.253 e. The van der Waals surface area contributed by atoms with Gasteiger partial charge in [0.25, 0.3) is 5.91 Å². The summed E-state index contributed by atoms with van der Waals surface area (Å²) < 4.78 is 0. The Hall–Kier alpha value is -1.71. The van der Waals surface area contributed by atoms with E-state index in [0.29, 0.717) is 11.3 Å². The second-order valence-corrected chi connectivity index (χ2v) is 7.75. The van der Waals surface area contributed by atoms with Crippen LogP contribution in [0.2, 0.25) is 0 Å². The molecule has 0 heterocycles. The van der Waals surface area contributed by atoms with Gasteiger partial charge in [-0.05, 0) is 43.9 Å². The molecule has 3 N–H and O–H groups in total. The molecule has 21 heavy (non-hydrogen) atoms. The van der Waals surface area contributed by atoms with Crippen LogP contribution in [0.15, 0.2) is 18.2 Å². The zero-order chi connectivity index (χ0) is 16.4. The first-order valence-corrected chi connectivity index (χ1v) is 7.31. The monoisotopic (exact) mass is 291 g/mol. The Kier molecular flexibility index (Phi) is 4.92. The topological polar surface area (TPSA) is 58.4 Å². The summed E-state index contributed by atoms with van der Waals surface area (Å²) in [6, 6.07) is 5.38. The van der Waals surface area contributed by atoms with Crippen LogP contribution in [0.25, 0.3) is 0 Å². The van der Waals surface area contributed by atoms with Crippen LogP contribution in [0.5, 0.6) is 0 Å². The second-order valence-electron chi connectivity index (χ2n) is 7.75. The molecule has 0 saturated carbocycles. The number of benzene rings is 1. The lowest BCUT2D eigenvalue weighted by atomic mass is 9.81. The fourth-order valence-corrected chi connectivity index (χ4v) is 2.79. The van der Waals surface area contributed by atoms with Gasteiger partial charge in [-0.2, -0.15) is 0 Å². The molecule has 118 valence electrons. The summed E-state index contributed by atoms with van der Waals surface area (Å²) in [5.74, 6) is -0.0216. The number of nitrogens with one attached hydrogen (secondary N) is 1. The van der Waals surface area contributed by atoms with Gasteiger partial charge < -0.3 is 16.0 Å². The zero-order valence-electron chi connectivity index (χ0n) is 14.4. The van der Waals surface area contributed by atoms with E-state index < -0.39 is 0 Å². The predicted octanol–water partition coefficient (Wildman–Crippen LogP) is 3.60. The van der Waals surface area contributed by atoms with E-state index in [-0.39, 0.29) is 16.9 Å². The van der Waals surface area contributed by atoms with Crippen molar-refractivity contribution in [1.29, 1.82) is 0 Å². The molecular formula is C17H29N3O. The molecule has 4 nitrogen and oxygen atoms in total. The SMILES string of the molecule is CN(C)C(=O)c1ccc(N)c(NC(C)(C)CC(C)(C)C)c1. The van der Waals surface area contributed by atoms with Crippen LogP contribution in [-0.4, -0.2) is 30.4 Å². The first kappa shape index (κ1) is 17.3. The van der Waals surface area contributed by atoms with Crippen molar-refractivity contribution in [2.45, 2.75) is 46.6 Å². The Morgan fingerprint density at radius 2 is 1.76 bits per heavy atom. The molecule has 0 radical (unpaired) electrons. The maximum Gasteiger partial charge on any atom is 0.253 e. The minimum absolute atomic E-state index is 0.0216. The van der Waals surface area contributed by atoms with Gasteiger partial charge in [-0.3, -0.25) is 4.79 Å². The van der Waals surface area contributed by atoms with Gasteiger partial charge in [-0.25, -0.2) is 0 Å². The van der Waals surface area contributed by atoms with Crippen LogP contribution in [0, 0.1) is 5.41 Å². The van der Waals surface area contributed by atoms with E-state index in [1.165, 1.54) is 0 Å². The molecule has 0 aliphatic heterocycles. The molecule has 0 fully saturated rings. The van der Waals surface area contributed by atoms with Gasteiger partial charge in [0.15, 0.2) is 0 Å². The van der Waals surface area contributed by atoms with Crippen LogP contribution < -0.4 is 11.1 Å². The van der Waals surface area contributed by atoms with Crippen molar-refractivity contribution >= 4 is 17.3 Å². The third kappa shape index (κ3) is 5.29. The second kappa shape index (κ2) is 5.96. The fourth-order valence-electron chi connectivity index (χ4n) is 2.79.